The van der Waals surface area contributed by atoms with Crippen molar-refractivity contribution >= 4 is 10.0 Å². The fourth-order valence-electron chi connectivity index (χ4n) is 2.75. The summed E-state index contributed by atoms with van der Waals surface area (Å²) in [6.45, 7) is 5.31. The minimum absolute atomic E-state index is 0.0825. The monoisotopic (exact) mass is 303 g/mol. The summed E-state index contributed by atoms with van der Waals surface area (Å²) >= 11 is 0. The van der Waals surface area contributed by atoms with Gasteiger partial charge in [-0.05, 0) is 27.2 Å². The fourth-order valence-corrected chi connectivity index (χ4v) is 4.60. The van der Waals surface area contributed by atoms with E-state index >= 15 is 0 Å². The van der Waals surface area contributed by atoms with E-state index in [1.807, 2.05) is 6.92 Å². The molecule has 0 saturated carbocycles. The van der Waals surface area contributed by atoms with Gasteiger partial charge in [-0.25, -0.2) is 8.42 Å². The lowest BCUT2D eigenvalue weighted by molar-refractivity contribution is 0.102. The molecule has 6 nitrogen and oxygen atoms in total. The predicted octanol–water partition coefficient (Wildman–Crippen LogP) is 1.19. The Hall–Kier alpha value is -0.890. The lowest BCUT2D eigenvalue weighted by Crippen LogP contribution is -2.41. The molecule has 1 saturated heterocycles. The van der Waals surface area contributed by atoms with Crippen molar-refractivity contribution in [2.45, 2.75) is 50.8 Å². The standard InChI is InChI=1S/C13H21NO5S/c1-8-11(7-15)13(10(3)19-8)20(16,17)14(4)12-5-6-18-9(12)2/h9,12,15H,5-7H2,1-4H3. The van der Waals surface area contributed by atoms with Gasteiger partial charge in [0.1, 0.15) is 16.4 Å². The summed E-state index contributed by atoms with van der Waals surface area (Å²) in [4.78, 5) is 0.0825. The average molecular weight is 303 g/mol. The molecule has 2 heterocycles. The molecule has 7 heteroatoms. The van der Waals surface area contributed by atoms with E-state index in [1.165, 1.54) is 4.31 Å². The van der Waals surface area contributed by atoms with Crippen molar-refractivity contribution in [2.75, 3.05) is 13.7 Å². The van der Waals surface area contributed by atoms with E-state index in [2.05, 4.69) is 0 Å². The van der Waals surface area contributed by atoms with E-state index in [1.54, 1.807) is 20.9 Å². The summed E-state index contributed by atoms with van der Waals surface area (Å²) in [5.74, 6) is 0.748. The van der Waals surface area contributed by atoms with E-state index < -0.39 is 10.0 Å². The van der Waals surface area contributed by atoms with Gasteiger partial charge < -0.3 is 14.3 Å². The number of likely N-dealkylation sites (N-methyl/N-ethyl adjacent to an activating group) is 1. The highest BCUT2D eigenvalue weighted by molar-refractivity contribution is 7.89. The quantitative estimate of drug-likeness (QED) is 0.903. The zero-order chi connectivity index (χ0) is 15.1. The number of aryl methyl sites for hydroxylation is 2. The maximum atomic E-state index is 12.8. The van der Waals surface area contributed by atoms with Gasteiger partial charge in [-0.3, -0.25) is 0 Å². The molecule has 0 bridgehead atoms. The smallest absolute Gasteiger partial charge is 0.247 e. The van der Waals surface area contributed by atoms with Crippen LogP contribution < -0.4 is 0 Å². The Balaban J connectivity index is 2.45. The maximum Gasteiger partial charge on any atom is 0.247 e. The maximum absolute atomic E-state index is 12.8. The van der Waals surface area contributed by atoms with Crippen molar-refractivity contribution < 1.29 is 22.7 Å². The van der Waals surface area contributed by atoms with Crippen LogP contribution in [0.2, 0.25) is 0 Å². The highest BCUT2D eigenvalue weighted by atomic mass is 32.2. The number of nitrogens with zero attached hydrogens (tertiary/aromatic N) is 1. The van der Waals surface area contributed by atoms with Crippen LogP contribution in [-0.4, -0.2) is 43.6 Å². The first kappa shape index (κ1) is 15.5. The Kier molecular flexibility index (Phi) is 4.24. The van der Waals surface area contributed by atoms with Gasteiger partial charge in [0.05, 0.1) is 18.8 Å². The fraction of sp³-hybridized carbons (Fsp3) is 0.692. The molecule has 0 aromatic carbocycles. The molecule has 0 aliphatic carbocycles. The highest BCUT2D eigenvalue weighted by Crippen LogP contribution is 2.31. The number of hydrogen-bond donors (Lipinski definition) is 1. The van der Waals surface area contributed by atoms with Crippen LogP contribution in [0.3, 0.4) is 0 Å². The van der Waals surface area contributed by atoms with Gasteiger partial charge in [0.2, 0.25) is 10.0 Å². The van der Waals surface area contributed by atoms with Crippen molar-refractivity contribution in [3.63, 3.8) is 0 Å². The Morgan fingerprint density at radius 2 is 2.00 bits per heavy atom. The number of aliphatic hydroxyl groups is 1. The third-order valence-electron chi connectivity index (χ3n) is 3.92. The molecule has 2 unspecified atom stereocenters. The topological polar surface area (TPSA) is 80.0 Å². The van der Waals surface area contributed by atoms with E-state index in [0.717, 1.165) is 0 Å². The van der Waals surface area contributed by atoms with Crippen LogP contribution in [0.15, 0.2) is 9.31 Å². The summed E-state index contributed by atoms with van der Waals surface area (Å²) in [6, 6.07) is -0.193. The van der Waals surface area contributed by atoms with Crippen LogP contribution >= 0.6 is 0 Å². The number of rotatable bonds is 4. The summed E-state index contributed by atoms with van der Waals surface area (Å²) in [5.41, 5.74) is 0.334. The lowest BCUT2D eigenvalue weighted by Gasteiger charge is -2.26. The van der Waals surface area contributed by atoms with Crippen LogP contribution in [0.1, 0.15) is 30.4 Å². The summed E-state index contributed by atoms with van der Waals surface area (Å²) in [5, 5.41) is 9.41. The SMILES string of the molecule is Cc1oc(C)c(S(=O)(=O)N(C)C2CCOC2C)c1CO. The van der Waals surface area contributed by atoms with Crippen LogP contribution in [0.5, 0.6) is 0 Å². The Labute approximate surface area is 119 Å². The van der Waals surface area contributed by atoms with Crippen molar-refractivity contribution in [3.8, 4) is 0 Å². The third-order valence-corrected chi connectivity index (χ3v) is 6.00. The van der Waals surface area contributed by atoms with E-state index in [0.29, 0.717) is 30.1 Å². The molecule has 2 rings (SSSR count). The molecule has 1 aromatic heterocycles. The molecule has 0 spiro atoms. The summed E-state index contributed by atoms with van der Waals surface area (Å²) in [7, 11) is -2.16. The molecular formula is C13H21NO5S. The van der Waals surface area contributed by atoms with E-state index in [9.17, 15) is 13.5 Å². The number of furan rings is 1. The van der Waals surface area contributed by atoms with Crippen molar-refractivity contribution in [1.82, 2.24) is 4.31 Å². The number of aliphatic hydroxyl groups excluding tert-OH is 1. The Morgan fingerprint density at radius 3 is 2.50 bits per heavy atom. The lowest BCUT2D eigenvalue weighted by atomic mass is 10.2. The normalized spacial score (nSPS) is 23.7. The second-order valence-corrected chi connectivity index (χ2v) is 7.07. The highest BCUT2D eigenvalue weighted by Gasteiger charge is 2.38. The molecule has 0 radical (unpaired) electrons. The van der Waals surface area contributed by atoms with E-state index in [4.69, 9.17) is 9.15 Å². The zero-order valence-corrected chi connectivity index (χ0v) is 13.0. The van der Waals surface area contributed by atoms with Gasteiger partial charge in [-0.1, -0.05) is 0 Å². The molecule has 1 N–H and O–H groups in total. The second kappa shape index (κ2) is 5.48. The molecule has 20 heavy (non-hydrogen) atoms. The number of ether oxygens (including phenoxy) is 1. The van der Waals surface area contributed by atoms with Gasteiger partial charge in [-0.2, -0.15) is 4.31 Å². The Bertz CT molecular complexity index is 592. The molecule has 1 fully saturated rings. The molecule has 1 aliphatic heterocycles. The first-order valence-electron chi connectivity index (χ1n) is 6.60. The minimum Gasteiger partial charge on any atom is -0.465 e. The van der Waals surface area contributed by atoms with Crippen LogP contribution in [0.25, 0.3) is 0 Å². The predicted molar refractivity (Wildman–Crippen MR) is 72.9 cm³/mol. The van der Waals surface area contributed by atoms with Crippen molar-refractivity contribution in [3.05, 3.63) is 17.1 Å². The first-order chi connectivity index (χ1) is 9.30. The molecule has 0 amide bonds. The number of sulfonamides is 1. The van der Waals surface area contributed by atoms with Gasteiger partial charge in [0, 0.05) is 19.2 Å². The van der Waals surface area contributed by atoms with Gasteiger partial charge >= 0.3 is 0 Å². The van der Waals surface area contributed by atoms with E-state index in [-0.39, 0.29) is 23.6 Å². The minimum atomic E-state index is -3.71. The molecule has 1 aromatic rings. The molecule has 114 valence electrons. The second-order valence-electron chi connectivity index (χ2n) is 5.13. The summed E-state index contributed by atoms with van der Waals surface area (Å²) in [6.07, 6.45) is 0.530. The van der Waals surface area contributed by atoms with Crippen LogP contribution in [0.4, 0.5) is 0 Å². The summed E-state index contributed by atoms with van der Waals surface area (Å²) < 4.78 is 37.7. The molecule has 2 atom stereocenters. The molecular weight excluding hydrogens is 282 g/mol. The zero-order valence-electron chi connectivity index (χ0n) is 12.2. The molecule has 1 aliphatic rings. The Morgan fingerprint density at radius 1 is 1.35 bits per heavy atom. The van der Waals surface area contributed by atoms with Crippen molar-refractivity contribution in [2.24, 2.45) is 0 Å². The van der Waals surface area contributed by atoms with Crippen LogP contribution in [0, 0.1) is 13.8 Å². The average Bonchev–Trinajstić information content (AvgIpc) is 2.91. The van der Waals surface area contributed by atoms with Gasteiger partial charge in [0.15, 0.2) is 0 Å². The third kappa shape index (κ3) is 2.39. The number of hydrogen-bond acceptors (Lipinski definition) is 5. The largest absolute Gasteiger partial charge is 0.465 e. The van der Waals surface area contributed by atoms with Crippen LogP contribution in [-0.2, 0) is 21.4 Å². The first-order valence-corrected chi connectivity index (χ1v) is 8.04. The van der Waals surface area contributed by atoms with Crippen molar-refractivity contribution in [1.29, 1.82) is 0 Å². The van der Waals surface area contributed by atoms with Gasteiger partial charge in [0.25, 0.3) is 0 Å². The van der Waals surface area contributed by atoms with Gasteiger partial charge in [-0.15, -0.1) is 0 Å².